The maximum atomic E-state index is 12.5. The molecule has 7 heteroatoms. The molecular weight excluding hydrogens is 356 g/mol. The molecule has 0 aliphatic carbocycles. The Bertz CT molecular complexity index is 975. The lowest BCUT2D eigenvalue weighted by molar-refractivity contribution is 0.0946. The van der Waals surface area contributed by atoms with Crippen molar-refractivity contribution in [2.75, 3.05) is 19.5 Å². The molecule has 0 fully saturated rings. The van der Waals surface area contributed by atoms with Gasteiger partial charge in [-0.1, -0.05) is 24.3 Å². The van der Waals surface area contributed by atoms with E-state index in [0.717, 1.165) is 11.1 Å². The number of benzene rings is 2. The molecule has 2 N–H and O–H groups in total. The quantitative estimate of drug-likeness (QED) is 0.655. The van der Waals surface area contributed by atoms with Crippen LogP contribution < -0.4 is 20.1 Å². The van der Waals surface area contributed by atoms with Crippen LogP contribution in [0.5, 0.6) is 11.5 Å². The maximum absolute atomic E-state index is 12.5. The number of carbonyl (C=O) groups excluding carboxylic acids is 1. The lowest BCUT2D eigenvalue weighted by atomic mass is 10.1. The van der Waals surface area contributed by atoms with E-state index in [1.54, 1.807) is 38.5 Å². The summed E-state index contributed by atoms with van der Waals surface area (Å²) in [5, 5.41) is 5.96. The van der Waals surface area contributed by atoms with Crippen LogP contribution >= 0.6 is 0 Å². The fraction of sp³-hybridized carbons (Fsp3) is 0.190. The molecule has 0 aliphatic rings. The lowest BCUT2D eigenvalue weighted by Gasteiger charge is -2.12. The molecule has 7 nitrogen and oxygen atoms in total. The Hall–Kier alpha value is -3.61. The Kier molecular flexibility index (Phi) is 6.06. The predicted octanol–water partition coefficient (Wildman–Crippen LogP) is 3.48. The summed E-state index contributed by atoms with van der Waals surface area (Å²) in [5.74, 6) is 1.29. The smallest absolute Gasteiger partial charge is 0.270 e. The van der Waals surface area contributed by atoms with E-state index in [4.69, 9.17) is 9.47 Å². The van der Waals surface area contributed by atoms with Gasteiger partial charge >= 0.3 is 0 Å². The number of methoxy groups -OCH3 is 2. The Morgan fingerprint density at radius 1 is 1.07 bits per heavy atom. The zero-order valence-electron chi connectivity index (χ0n) is 16.0. The van der Waals surface area contributed by atoms with Crippen molar-refractivity contribution in [3.8, 4) is 11.5 Å². The largest absolute Gasteiger partial charge is 0.497 e. The van der Waals surface area contributed by atoms with Crippen LogP contribution in [0.25, 0.3) is 0 Å². The lowest BCUT2D eigenvalue weighted by Crippen LogP contribution is -2.24. The van der Waals surface area contributed by atoms with Crippen molar-refractivity contribution in [2.45, 2.75) is 13.5 Å². The molecule has 3 aromatic rings. The first kappa shape index (κ1) is 19.2. The van der Waals surface area contributed by atoms with Gasteiger partial charge in [0.05, 0.1) is 19.9 Å². The van der Waals surface area contributed by atoms with E-state index in [9.17, 15) is 4.79 Å². The van der Waals surface area contributed by atoms with Crippen LogP contribution in [0.4, 0.5) is 11.6 Å². The highest BCUT2D eigenvalue weighted by atomic mass is 16.5. The van der Waals surface area contributed by atoms with Gasteiger partial charge in [0.2, 0.25) is 5.95 Å². The van der Waals surface area contributed by atoms with Crippen LogP contribution in [-0.2, 0) is 6.54 Å². The number of anilines is 2. The highest BCUT2D eigenvalue weighted by molar-refractivity contribution is 5.92. The van der Waals surface area contributed by atoms with Crippen molar-refractivity contribution in [3.63, 3.8) is 0 Å². The second kappa shape index (κ2) is 8.85. The Morgan fingerprint density at radius 3 is 2.64 bits per heavy atom. The van der Waals surface area contributed by atoms with Gasteiger partial charge in [0.15, 0.2) is 0 Å². The zero-order chi connectivity index (χ0) is 19.9. The Balaban J connectivity index is 1.73. The van der Waals surface area contributed by atoms with Crippen molar-refractivity contribution in [2.24, 2.45) is 0 Å². The first-order chi connectivity index (χ1) is 13.6. The topological polar surface area (TPSA) is 85.4 Å². The zero-order valence-corrected chi connectivity index (χ0v) is 16.0. The van der Waals surface area contributed by atoms with Gasteiger partial charge in [0.1, 0.15) is 17.2 Å². The third-order valence-corrected chi connectivity index (χ3v) is 4.24. The summed E-state index contributed by atoms with van der Waals surface area (Å²) in [7, 11) is 3.16. The van der Waals surface area contributed by atoms with Crippen molar-refractivity contribution in [1.29, 1.82) is 0 Å². The average Bonchev–Trinajstić information content (AvgIpc) is 2.73. The van der Waals surface area contributed by atoms with E-state index in [0.29, 0.717) is 23.7 Å². The molecule has 0 bridgehead atoms. The van der Waals surface area contributed by atoms with E-state index >= 15 is 0 Å². The molecule has 0 saturated carbocycles. The minimum Gasteiger partial charge on any atom is -0.497 e. The molecule has 0 saturated heterocycles. The third kappa shape index (κ3) is 4.56. The maximum Gasteiger partial charge on any atom is 0.270 e. The summed E-state index contributed by atoms with van der Waals surface area (Å²) in [5.41, 5.74) is 3.09. The minimum absolute atomic E-state index is 0.271. The highest BCUT2D eigenvalue weighted by Gasteiger charge is 2.11. The molecule has 1 aromatic heterocycles. The highest BCUT2D eigenvalue weighted by Crippen LogP contribution is 2.30. The standard InChI is InChI=1S/C21H22N4O3/c1-14-6-4-5-7-15(14)13-23-20(26)17-10-11-22-21(24-17)25-18-12-16(27-2)8-9-19(18)28-3/h4-12H,13H2,1-3H3,(H,23,26)(H,22,24,25). The van der Waals surface area contributed by atoms with Crippen molar-refractivity contribution in [3.05, 3.63) is 71.5 Å². The van der Waals surface area contributed by atoms with Crippen molar-refractivity contribution >= 4 is 17.5 Å². The van der Waals surface area contributed by atoms with E-state index in [2.05, 4.69) is 20.6 Å². The molecule has 0 radical (unpaired) electrons. The molecule has 0 spiro atoms. The van der Waals surface area contributed by atoms with Crippen LogP contribution in [0.1, 0.15) is 21.6 Å². The van der Waals surface area contributed by atoms with Gasteiger partial charge in [-0.15, -0.1) is 0 Å². The number of nitrogens with zero attached hydrogens (tertiary/aromatic N) is 2. The number of aromatic nitrogens is 2. The van der Waals surface area contributed by atoms with Crippen LogP contribution in [-0.4, -0.2) is 30.1 Å². The number of hydrogen-bond donors (Lipinski definition) is 2. The molecule has 0 unspecified atom stereocenters. The third-order valence-electron chi connectivity index (χ3n) is 4.24. The molecule has 2 aromatic carbocycles. The molecule has 3 rings (SSSR count). The van der Waals surface area contributed by atoms with E-state index in [1.807, 2.05) is 31.2 Å². The second-order valence-electron chi connectivity index (χ2n) is 6.07. The van der Waals surface area contributed by atoms with Crippen LogP contribution in [0.2, 0.25) is 0 Å². The molecule has 0 atom stereocenters. The second-order valence-corrected chi connectivity index (χ2v) is 6.07. The monoisotopic (exact) mass is 378 g/mol. The summed E-state index contributed by atoms with van der Waals surface area (Å²) in [6.45, 7) is 2.44. The van der Waals surface area contributed by atoms with Crippen molar-refractivity contribution in [1.82, 2.24) is 15.3 Å². The summed E-state index contributed by atoms with van der Waals surface area (Å²) < 4.78 is 10.6. The number of rotatable bonds is 7. The SMILES string of the molecule is COc1ccc(OC)c(Nc2nccc(C(=O)NCc3ccccc3C)n2)c1. The average molecular weight is 378 g/mol. The van der Waals surface area contributed by atoms with Gasteiger partial charge < -0.3 is 20.1 Å². The number of ether oxygens (including phenoxy) is 2. The summed E-state index contributed by atoms with van der Waals surface area (Å²) in [4.78, 5) is 21.0. The summed E-state index contributed by atoms with van der Waals surface area (Å²) in [6, 6.07) is 14.8. The van der Waals surface area contributed by atoms with E-state index < -0.39 is 0 Å². The van der Waals surface area contributed by atoms with Gasteiger partial charge in [-0.3, -0.25) is 4.79 Å². The summed E-state index contributed by atoms with van der Waals surface area (Å²) >= 11 is 0. The first-order valence-electron chi connectivity index (χ1n) is 8.75. The molecule has 144 valence electrons. The predicted molar refractivity (Wildman–Crippen MR) is 107 cm³/mol. The number of carbonyl (C=O) groups is 1. The van der Waals surface area contributed by atoms with Crippen LogP contribution in [0.15, 0.2) is 54.7 Å². The van der Waals surface area contributed by atoms with Crippen molar-refractivity contribution < 1.29 is 14.3 Å². The van der Waals surface area contributed by atoms with E-state index in [-0.39, 0.29) is 17.5 Å². The van der Waals surface area contributed by atoms with Crippen LogP contribution in [0.3, 0.4) is 0 Å². The molecular formula is C21H22N4O3. The Morgan fingerprint density at radius 2 is 1.89 bits per heavy atom. The number of nitrogens with one attached hydrogen (secondary N) is 2. The molecule has 1 heterocycles. The van der Waals surface area contributed by atoms with E-state index in [1.165, 1.54) is 6.20 Å². The number of hydrogen-bond acceptors (Lipinski definition) is 6. The fourth-order valence-electron chi connectivity index (χ4n) is 2.65. The fourth-order valence-corrected chi connectivity index (χ4v) is 2.65. The van der Waals surface area contributed by atoms with Gasteiger partial charge in [0, 0.05) is 18.8 Å². The van der Waals surface area contributed by atoms with Gasteiger partial charge in [-0.2, -0.15) is 0 Å². The normalized spacial score (nSPS) is 10.2. The number of amides is 1. The molecule has 1 amide bonds. The van der Waals surface area contributed by atoms with Gasteiger partial charge in [-0.25, -0.2) is 9.97 Å². The summed E-state index contributed by atoms with van der Waals surface area (Å²) in [6.07, 6.45) is 1.53. The Labute approximate surface area is 163 Å². The van der Waals surface area contributed by atoms with Crippen LogP contribution in [0, 0.1) is 6.92 Å². The number of aryl methyl sites for hydroxylation is 1. The van der Waals surface area contributed by atoms with Gasteiger partial charge in [-0.05, 0) is 36.2 Å². The van der Waals surface area contributed by atoms with Gasteiger partial charge in [0.25, 0.3) is 5.91 Å². The molecule has 28 heavy (non-hydrogen) atoms. The molecule has 0 aliphatic heterocycles. The first-order valence-corrected chi connectivity index (χ1v) is 8.75. The minimum atomic E-state index is -0.272.